The molecule has 0 saturated heterocycles. The van der Waals surface area contributed by atoms with Gasteiger partial charge >= 0.3 is 0 Å². The topological polar surface area (TPSA) is 48.1 Å². The maximum Gasteiger partial charge on any atom is -0.00368 e. The normalized spacial score (nSPS) is 14.7. The summed E-state index contributed by atoms with van der Waals surface area (Å²) in [6.45, 7) is 27.9. The molecule has 0 aromatic heterocycles. The highest BCUT2D eigenvalue weighted by atomic mass is 14.9. The van der Waals surface area contributed by atoms with Gasteiger partial charge in [0.15, 0.2) is 0 Å². The van der Waals surface area contributed by atoms with Crippen LogP contribution in [0.3, 0.4) is 0 Å². The average Bonchev–Trinajstić information content (AvgIpc) is 2.61. The van der Waals surface area contributed by atoms with E-state index in [1.807, 2.05) is 0 Å². The summed E-state index contributed by atoms with van der Waals surface area (Å²) in [6.07, 6.45) is 8.89. The maximum atomic E-state index is 3.60. The first-order chi connectivity index (χ1) is 14.5. The molecule has 0 radical (unpaired) electrons. The van der Waals surface area contributed by atoms with Crippen LogP contribution >= 0.6 is 0 Å². The van der Waals surface area contributed by atoms with Crippen molar-refractivity contribution < 1.29 is 0 Å². The molecule has 0 fully saturated rings. The first-order valence-corrected chi connectivity index (χ1v) is 13.3. The SMILES string of the molecule is CC(CCNCCCNCCCNCCCNCCC(C)CC(C)(C)C)CC(C)(C)C. The van der Waals surface area contributed by atoms with Gasteiger partial charge in [-0.1, -0.05) is 55.4 Å². The predicted molar refractivity (Wildman–Crippen MR) is 141 cm³/mol. The molecule has 0 rings (SSSR count). The van der Waals surface area contributed by atoms with Crippen molar-refractivity contribution in [3.63, 3.8) is 0 Å². The first kappa shape index (κ1) is 30.8. The van der Waals surface area contributed by atoms with Crippen molar-refractivity contribution in [2.75, 3.05) is 52.4 Å². The van der Waals surface area contributed by atoms with Gasteiger partial charge in [-0.05, 0) is 120 Å². The second-order valence-electron chi connectivity index (χ2n) is 12.4. The quantitative estimate of drug-likeness (QED) is 0.190. The number of hydrogen-bond donors (Lipinski definition) is 4. The van der Waals surface area contributed by atoms with Crippen LogP contribution in [0.15, 0.2) is 0 Å². The summed E-state index contributed by atoms with van der Waals surface area (Å²) in [5.41, 5.74) is 0.916. The molecule has 0 bridgehead atoms. The fourth-order valence-electron chi connectivity index (χ4n) is 4.51. The van der Waals surface area contributed by atoms with Gasteiger partial charge < -0.3 is 21.3 Å². The Labute approximate surface area is 196 Å². The van der Waals surface area contributed by atoms with Crippen LogP contribution in [0.4, 0.5) is 0 Å². The van der Waals surface area contributed by atoms with Gasteiger partial charge in [0.1, 0.15) is 0 Å². The minimum absolute atomic E-state index is 0.458. The average molecular weight is 441 g/mol. The van der Waals surface area contributed by atoms with E-state index in [9.17, 15) is 0 Å². The highest BCUT2D eigenvalue weighted by Crippen LogP contribution is 2.26. The highest BCUT2D eigenvalue weighted by molar-refractivity contribution is 4.68. The Morgan fingerprint density at radius 2 is 0.710 bits per heavy atom. The van der Waals surface area contributed by atoms with Gasteiger partial charge in [-0.25, -0.2) is 0 Å². The van der Waals surface area contributed by atoms with Gasteiger partial charge in [0.2, 0.25) is 0 Å². The molecule has 0 aromatic carbocycles. The molecule has 4 nitrogen and oxygen atoms in total. The Balaban J connectivity index is 3.22. The third kappa shape index (κ3) is 26.0. The van der Waals surface area contributed by atoms with Crippen LogP contribution < -0.4 is 21.3 Å². The summed E-state index contributed by atoms with van der Waals surface area (Å²) in [4.78, 5) is 0. The lowest BCUT2D eigenvalue weighted by Crippen LogP contribution is -2.27. The van der Waals surface area contributed by atoms with E-state index < -0.39 is 0 Å². The molecule has 0 heterocycles. The smallest absolute Gasteiger partial charge is 0.00368 e. The Hall–Kier alpha value is -0.160. The second-order valence-corrected chi connectivity index (χ2v) is 12.4. The Morgan fingerprint density at radius 1 is 0.452 bits per heavy atom. The largest absolute Gasteiger partial charge is 0.317 e. The maximum absolute atomic E-state index is 3.60. The molecular formula is C27H60N4. The van der Waals surface area contributed by atoms with Gasteiger partial charge in [0, 0.05) is 0 Å². The molecule has 4 heteroatoms. The molecule has 0 saturated carbocycles. The van der Waals surface area contributed by atoms with Crippen LogP contribution in [-0.2, 0) is 0 Å². The molecule has 31 heavy (non-hydrogen) atoms. The van der Waals surface area contributed by atoms with Crippen molar-refractivity contribution in [1.82, 2.24) is 21.3 Å². The van der Waals surface area contributed by atoms with Crippen molar-refractivity contribution in [3.05, 3.63) is 0 Å². The molecule has 0 spiro atoms. The van der Waals surface area contributed by atoms with E-state index in [1.54, 1.807) is 0 Å². The van der Waals surface area contributed by atoms with Gasteiger partial charge in [0.05, 0.1) is 0 Å². The monoisotopic (exact) mass is 440 g/mol. The summed E-state index contributed by atoms with van der Waals surface area (Å²) >= 11 is 0. The minimum atomic E-state index is 0.458. The van der Waals surface area contributed by atoms with Crippen LogP contribution in [0.25, 0.3) is 0 Å². The van der Waals surface area contributed by atoms with E-state index >= 15 is 0 Å². The fourth-order valence-corrected chi connectivity index (χ4v) is 4.51. The molecule has 4 N–H and O–H groups in total. The second kappa shape index (κ2) is 18.3. The Bertz CT molecular complexity index is 348. The molecule has 188 valence electrons. The Morgan fingerprint density at radius 3 is 0.968 bits per heavy atom. The fraction of sp³-hybridized carbons (Fsp3) is 1.00. The lowest BCUT2D eigenvalue weighted by atomic mass is 9.84. The summed E-state index contributed by atoms with van der Waals surface area (Å²) in [5.74, 6) is 1.63. The van der Waals surface area contributed by atoms with E-state index in [1.165, 1.54) is 44.9 Å². The van der Waals surface area contributed by atoms with Gasteiger partial charge in [-0.2, -0.15) is 0 Å². The van der Waals surface area contributed by atoms with E-state index in [0.29, 0.717) is 10.8 Å². The van der Waals surface area contributed by atoms with Crippen molar-refractivity contribution in [2.24, 2.45) is 22.7 Å². The van der Waals surface area contributed by atoms with Crippen LogP contribution in [0.1, 0.15) is 100 Å². The van der Waals surface area contributed by atoms with Gasteiger partial charge in [0.25, 0.3) is 0 Å². The molecule has 0 aliphatic heterocycles. The van der Waals surface area contributed by atoms with E-state index in [0.717, 1.165) is 64.2 Å². The lowest BCUT2D eigenvalue weighted by Gasteiger charge is -2.23. The predicted octanol–water partition coefficient (Wildman–Crippen LogP) is 5.44. The van der Waals surface area contributed by atoms with Crippen LogP contribution in [0.2, 0.25) is 0 Å². The van der Waals surface area contributed by atoms with Gasteiger partial charge in [-0.15, -0.1) is 0 Å². The summed E-state index contributed by atoms with van der Waals surface area (Å²) in [5, 5.41) is 14.3. The number of rotatable bonds is 20. The van der Waals surface area contributed by atoms with Crippen LogP contribution in [0, 0.1) is 22.7 Å². The summed E-state index contributed by atoms with van der Waals surface area (Å²) in [7, 11) is 0. The van der Waals surface area contributed by atoms with E-state index in [-0.39, 0.29) is 0 Å². The summed E-state index contributed by atoms with van der Waals surface area (Å²) < 4.78 is 0. The highest BCUT2D eigenvalue weighted by Gasteiger charge is 2.15. The molecular weight excluding hydrogens is 380 g/mol. The van der Waals surface area contributed by atoms with Crippen molar-refractivity contribution in [3.8, 4) is 0 Å². The zero-order valence-corrected chi connectivity index (χ0v) is 22.8. The standard InChI is InChI=1S/C27H60N4/c1-24(22-26(3,4)5)12-20-30-18-10-16-28-14-9-15-29-17-11-19-31-21-13-25(2)23-27(6,7)8/h24-25,28-31H,9-23H2,1-8H3. The summed E-state index contributed by atoms with van der Waals surface area (Å²) in [6, 6.07) is 0. The molecule has 0 aromatic rings. The molecule has 2 unspecified atom stereocenters. The van der Waals surface area contributed by atoms with E-state index in [2.05, 4.69) is 76.7 Å². The zero-order chi connectivity index (χ0) is 23.6. The van der Waals surface area contributed by atoms with Crippen molar-refractivity contribution in [2.45, 2.75) is 100 Å². The lowest BCUT2D eigenvalue weighted by molar-refractivity contribution is 0.294. The third-order valence-electron chi connectivity index (χ3n) is 5.67. The molecule has 2 atom stereocenters. The zero-order valence-electron chi connectivity index (χ0n) is 22.8. The van der Waals surface area contributed by atoms with Gasteiger partial charge in [-0.3, -0.25) is 0 Å². The van der Waals surface area contributed by atoms with E-state index in [4.69, 9.17) is 0 Å². The molecule has 0 aliphatic carbocycles. The first-order valence-electron chi connectivity index (χ1n) is 13.3. The van der Waals surface area contributed by atoms with Crippen molar-refractivity contribution >= 4 is 0 Å². The third-order valence-corrected chi connectivity index (χ3v) is 5.67. The minimum Gasteiger partial charge on any atom is -0.317 e. The van der Waals surface area contributed by atoms with Crippen molar-refractivity contribution in [1.29, 1.82) is 0 Å². The Kier molecular flexibility index (Phi) is 18.2. The molecule has 0 amide bonds. The molecule has 0 aliphatic rings. The number of nitrogens with one attached hydrogen (secondary N) is 4. The number of hydrogen-bond acceptors (Lipinski definition) is 4. The van der Waals surface area contributed by atoms with Crippen LogP contribution in [0.5, 0.6) is 0 Å². The van der Waals surface area contributed by atoms with Crippen LogP contribution in [-0.4, -0.2) is 52.4 Å².